The molecule has 3 N–H and O–H groups in total. The van der Waals surface area contributed by atoms with E-state index in [1.165, 1.54) is 12.1 Å². The second kappa shape index (κ2) is 5.79. The van der Waals surface area contributed by atoms with Crippen LogP contribution in [0.4, 0.5) is 4.39 Å². The summed E-state index contributed by atoms with van der Waals surface area (Å²) in [5, 5.41) is 8.30. The van der Waals surface area contributed by atoms with Crippen molar-refractivity contribution in [2.24, 2.45) is 0 Å². The molecule has 0 bridgehead atoms. The van der Waals surface area contributed by atoms with Crippen molar-refractivity contribution in [3.63, 3.8) is 0 Å². The van der Waals surface area contributed by atoms with E-state index in [4.69, 9.17) is 0 Å². The number of piperazine rings is 1. The maximum Gasteiger partial charge on any atom is 0.239 e. The Hall–Kier alpha value is -1.95. The summed E-state index contributed by atoms with van der Waals surface area (Å²) in [5.41, 5.74) is 0.828. The first-order chi connectivity index (χ1) is 9.06. The molecule has 1 aliphatic heterocycles. The minimum Gasteiger partial charge on any atom is -0.353 e. The van der Waals surface area contributed by atoms with Gasteiger partial charge in [0, 0.05) is 6.54 Å². The van der Waals surface area contributed by atoms with Crippen molar-refractivity contribution in [3.8, 4) is 0 Å². The Morgan fingerprint density at radius 1 is 1.42 bits per heavy atom. The summed E-state index contributed by atoms with van der Waals surface area (Å²) >= 11 is 0. The first-order valence-electron chi connectivity index (χ1n) is 6.12. The predicted molar refractivity (Wildman–Crippen MR) is 67.8 cm³/mol. The minimum atomic E-state index is -0.430. The number of hydrogen-bond acceptors (Lipinski definition) is 3. The number of halogens is 1. The van der Waals surface area contributed by atoms with Gasteiger partial charge in [-0.3, -0.25) is 14.9 Å². The molecule has 0 aromatic heterocycles. The molecule has 0 radical (unpaired) electrons. The van der Waals surface area contributed by atoms with Gasteiger partial charge in [-0.25, -0.2) is 4.39 Å². The van der Waals surface area contributed by atoms with Crippen LogP contribution in [0.2, 0.25) is 0 Å². The first-order valence-corrected chi connectivity index (χ1v) is 6.12. The molecular weight excluding hydrogens is 249 g/mol. The zero-order chi connectivity index (χ0) is 13.8. The fraction of sp³-hybridized carbons (Fsp3) is 0.385. The highest BCUT2D eigenvalue weighted by Crippen LogP contribution is 2.12. The third-order valence-corrected chi connectivity index (χ3v) is 3.06. The first kappa shape index (κ1) is 13.5. The van der Waals surface area contributed by atoms with Gasteiger partial charge in [0.05, 0.1) is 12.6 Å². The Bertz CT molecular complexity index is 465. The van der Waals surface area contributed by atoms with E-state index in [9.17, 15) is 14.0 Å². The summed E-state index contributed by atoms with van der Waals surface area (Å²) in [4.78, 5) is 22.9. The number of rotatable bonds is 3. The van der Waals surface area contributed by atoms with Gasteiger partial charge in [-0.15, -0.1) is 0 Å². The lowest BCUT2D eigenvalue weighted by molar-refractivity contribution is -0.127. The summed E-state index contributed by atoms with van der Waals surface area (Å²) in [6, 6.07) is 5.34. The molecule has 6 heteroatoms. The molecule has 1 fully saturated rings. The zero-order valence-electron chi connectivity index (χ0n) is 10.6. The Kier molecular flexibility index (Phi) is 4.11. The van der Waals surface area contributed by atoms with Gasteiger partial charge >= 0.3 is 0 Å². The molecule has 5 nitrogen and oxygen atoms in total. The van der Waals surface area contributed by atoms with Gasteiger partial charge in [0.15, 0.2) is 0 Å². The smallest absolute Gasteiger partial charge is 0.239 e. The van der Waals surface area contributed by atoms with E-state index in [-0.39, 0.29) is 36.8 Å². The standard InChI is InChI=1S/C13H16FN3O2/c1-8(9-2-4-10(14)5-3-9)17-13(19)11-6-16-12(18)7-15-11/h2-5,8,11,15H,6-7H2,1H3,(H,16,18)(H,17,19). The topological polar surface area (TPSA) is 70.2 Å². The van der Waals surface area contributed by atoms with Crippen molar-refractivity contribution < 1.29 is 14.0 Å². The third-order valence-electron chi connectivity index (χ3n) is 3.06. The van der Waals surface area contributed by atoms with Gasteiger partial charge in [0.25, 0.3) is 0 Å². The number of hydrogen-bond donors (Lipinski definition) is 3. The molecule has 0 aliphatic carbocycles. The molecule has 0 spiro atoms. The normalized spacial score (nSPS) is 20.5. The lowest BCUT2D eigenvalue weighted by Crippen LogP contribution is -2.58. The number of benzene rings is 1. The van der Waals surface area contributed by atoms with Gasteiger partial charge in [0.1, 0.15) is 11.9 Å². The lowest BCUT2D eigenvalue weighted by atomic mass is 10.1. The highest BCUT2D eigenvalue weighted by atomic mass is 19.1. The van der Waals surface area contributed by atoms with Crippen LogP contribution >= 0.6 is 0 Å². The summed E-state index contributed by atoms with van der Waals surface area (Å²) < 4.78 is 12.8. The zero-order valence-corrected chi connectivity index (χ0v) is 10.6. The fourth-order valence-electron chi connectivity index (χ4n) is 1.90. The predicted octanol–water partition coefficient (Wildman–Crippen LogP) is 0.0909. The van der Waals surface area contributed by atoms with E-state index in [2.05, 4.69) is 16.0 Å². The van der Waals surface area contributed by atoms with Crippen molar-refractivity contribution in [1.29, 1.82) is 0 Å². The van der Waals surface area contributed by atoms with Crippen LogP contribution in [0.25, 0.3) is 0 Å². The monoisotopic (exact) mass is 265 g/mol. The van der Waals surface area contributed by atoms with Crippen LogP contribution in [-0.2, 0) is 9.59 Å². The summed E-state index contributed by atoms with van der Waals surface area (Å²) in [6.07, 6.45) is 0. The summed E-state index contributed by atoms with van der Waals surface area (Å²) in [7, 11) is 0. The van der Waals surface area contributed by atoms with Crippen LogP contribution in [0.1, 0.15) is 18.5 Å². The SMILES string of the molecule is CC(NC(=O)C1CNC(=O)CN1)c1ccc(F)cc1. The van der Waals surface area contributed by atoms with Crippen LogP contribution in [0.15, 0.2) is 24.3 Å². The van der Waals surface area contributed by atoms with Crippen LogP contribution in [0.5, 0.6) is 0 Å². The van der Waals surface area contributed by atoms with Crippen LogP contribution < -0.4 is 16.0 Å². The van der Waals surface area contributed by atoms with Gasteiger partial charge < -0.3 is 10.6 Å². The minimum absolute atomic E-state index is 0.115. The molecule has 2 atom stereocenters. The maximum absolute atomic E-state index is 12.8. The lowest BCUT2D eigenvalue weighted by Gasteiger charge is -2.25. The maximum atomic E-state index is 12.8. The third kappa shape index (κ3) is 3.51. The number of carbonyl (C=O) groups is 2. The molecule has 1 heterocycles. The van der Waals surface area contributed by atoms with E-state index >= 15 is 0 Å². The number of nitrogens with one attached hydrogen (secondary N) is 3. The Labute approximate surface area is 110 Å². The molecule has 0 saturated carbocycles. The van der Waals surface area contributed by atoms with Gasteiger partial charge in [-0.1, -0.05) is 12.1 Å². The highest BCUT2D eigenvalue weighted by molar-refractivity contribution is 5.86. The largest absolute Gasteiger partial charge is 0.353 e. The summed E-state index contributed by atoms with van der Waals surface area (Å²) in [6.45, 7) is 2.25. The van der Waals surface area contributed by atoms with E-state index < -0.39 is 6.04 Å². The van der Waals surface area contributed by atoms with Gasteiger partial charge in [-0.05, 0) is 24.6 Å². The highest BCUT2D eigenvalue weighted by Gasteiger charge is 2.24. The quantitative estimate of drug-likeness (QED) is 0.725. The van der Waals surface area contributed by atoms with Crippen molar-refractivity contribution >= 4 is 11.8 Å². The molecule has 1 saturated heterocycles. The summed E-state index contributed by atoms with van der Waals surface area (Å²) in [5.74, 6) is -0.605. The van der Waals surface area contributed by atoms with Crippen molar-refractivity contribution in [1.82, 2.24) is 16.0 Å². The van der Waals surface area contributed by atoms with E-state index in [0.717, 1.165) is 5.56 Å². The number of carbonyl (C=O) groups excluding carboxylic acids is 2. The average molecular weight is 265 g/mol. The molecule has 2 amide bonds. The Morgan fingerprint density at radius 3 is 2.68 bits per heavy atom. The molecule has 2 rings (SSSR count). The molecule has 19 heavy (non-hydrogen) atoms. The second-order valence-electron chi connectivity index (χ2n) is 4.52. The van der Waals surface area contributed by atoms with Crippen molar-refractivity contribution in [2.45, 2.75) is 19.0 Å². The van der Waals surface area contributed by atoms with Crippen molar-refractivity contribution in [2.75, 3.05) is 13.1 Å². The Morgan fingerprint density at radius 2 is 2.11 bits per heavy atom. The van der Waals surface area contributed by atoms with E-state index in [1.54, 1.807) is 12.1 Å². The molecule has 1 aliphatic rings. The Balaban J connectivity index is 1.91. The van der Waals surface area contributed by atoms with Crippen LogP contribution in [-0.4, -0.2) is 30.9 Å². The second-order valence-corrected chi connectivity index (χ2v) is 4.52. The van der Waals surface area contributed by atoms with Gasteiger partial charge in [-0.2, -0.15) is 0 Å². The van der Waals surface area contributed by atoms with Crippen LogP contribution in [0, 0.1) is 5.82 Å². The molecular formula is C13H16FN3O2. The number of amides is 2. The van der Waals surface area contributed by atoms with Gasteiger partial charge in [0.2, 0.25) is 11.8 Å². The van der Waals surface area contributed by atoms with E-state index in [1.807, 2.05) is 6.92 Å². The molecule has 1 aromatic rings. The molecule has 102 valence electrons. The van der Waals surface area contributed by atoms with Crippen molar-refractivity contribution in [3.05, 3.63) is 35.6 Å². The average Bonchev–Trinajstić information content (AvgIpc) is 2.40. The van der Waals surface area contributed by atoms with E-state index in [0.29, 0.717) is 0 Å². The fourth-order valence-corrected chi connectivity index (χ4v) is 1.90. The molecule has 2 unspecified atom stereocenters. The molecule has 1 aromatic carbocycles. The van der Waals surface area contributed by atoms with Crippen LogP contribution in [0.3, 0.4) is 0 Å².